The molecule has 0 bridgehead atoms. The summed E-state index contributed by atoms with van der Waals surface area (Å²) in [4.78, 5) is 0. The fourth-order valence-corrected chi connectivity index (χ4v) is 2.01. The predicted molar refractivity (Wildman–Crippen MR) is 75.5 cm³/mol. The summed E-state index contributed by atoms with van der Waals surface area (Å²) in [5.74, 6) is 0. The zero-order chi connectivity index (χ0) is 12.8. The Morgan fingerprint density at radius 3 is 2.22 bits per heavy atom. The summed E-state index contributed by atoms with van der Waals surface area (Å²) in [6, 6.07) is 18.7. The lowest BCUT2D eigenvalue weighted by atomic mass is 10.0. The third-order valence-electron chi connectivity index (χ3n) is 3.09. The SMILES string of the molecule is CCC(Nc1ccc(CO)cc1)c1ccccc1. The smallest absolute Gasteiger partial charge is 0.0681 e. The molecular formula is C16H19NO. The van der Waals surface area contributed by atoms with E-state index in [0.29, 0.717) is 6.04 Å². The number of hydrogen-bond acceptors (Lipinski definition) is 2. The summed E-state index contributed by atoms with van der Waals surface area (Å²) in [5.41, 5.74) is 3.32. The highest BCUT2D eigenvalue weighted by Gasteiger charge is 2.07. The largest absolute Gasteiger partial charge is 0.392 e. The van der Waals surface area contributed by atoms with Crippen LogP contribution < -0.4 is 5.32 Å². The van der Waals surface area contributed by atoms with Gasteiger partial charge >= 0.3 is 0 Å². The highest BCUT2D eigenvalue weighted by Crippen LogP contribution is 2.22. The van der Waals surface area contributed by atoms with Gasteiger partial charge in [-0.05, 0) is 29.7 Å². The Morgan fingerprint density at radius 1 is 1.00 bits per heavy atom. The summed E-state index contributed by atoms with van der Waals surface area (Å²) in [6.45, 7) is 2.27. The molecule has 0 aromatic heterocycles. The molecule has 0 fully saturated rings. The van der Waals surface area contributed by atoms with Crippen LogP contribution in [0.25, 0.3) is 0 Å². The molecule has 0 aliphatic rings. The molecule has 0 saturated heterocycles. The summed E-state index contributed by atoms with van der Waals surface area (Å²) >= 11 is 0. The van der Waals surface area contributed by atoms with Crippen LogP contribution in [0.3, 0.4) is 0 Å². The Bertz CT molecular complexity index is 464. The van der Waals surface area contributed by atoms with E-state index in [1.165, 1.54) is 5.56 Å². The van der Waals surface area contributed by atoms with E-state index < -0.39 is 0 Å². The second kappa shape index (κ2) is 6.22. The first kappa shape index (κ1) is 12.7. The summed E-state index contributed by atoms with van der Waals surface area (Å²) in [6.07, 6.45) is 1.03. The standard InChI is InChI=1S/C16H19NO/c1-2-16(14-6-4-3-5-7-14)17-15-10-8-13(12-18)9-11-15/h3-11,16-18H,2,12H2,1H3. The molecule has 1 unspecified atom stereocenters. The molecule has 0 spiro atoms. The molecule has 2 aromatic carbocycles. The second-order valence-electron chi connectivity index (χ2n) is 4.37. The first-order valence-electron chi connectivity index (χ1n) is 6.34. The zero-order valence-corrected chi connectivity index (χ0v) is 10.6. The minimum absolute atomic E-state index is 0.0934. The molecule has 0 aliphatic carbocycles. The van der Waals surface area contributed by atoms with Crippen molar-refractivity contribution >= 4 is 5.69 Å². The van der Waals surface area contributed by atoms with E-state index in [0.717, 1.165) is 17.7 Å². The van der Waals surface area contributed by atoms with E-state index in [2.05, 4.69) is 36.5 Å². The average molecular weight is 241 g/mol. The first-order chi connectivity index (χ1) is 8.83. The third-order valence-corrected chi connectivity index (χ3v) is 3.09. The molecule has 2 N–H and O–H groups in total. The van der Waals surface area contributed by atoms with Crippen LogP contribution in [0.4, 0.5) is 5.69 Å². The van der Waals surface area contributed by atoms with Crippen LogP contribution in [0.15, 0.2) is 54.6 Å². The van der Waals surface area contributed by atoms with Crippen molar-refractivity contribution in [2.45, 2.75) is 26.0 Å². The van der Waals surface area contributed by atoms with Gasteiger partial charge in [0.1, 0.15) is 0 Å². The van der Waals surface area contributed by atoms with Gasteiger partial charge in [-0.3, -0.25) is 0 Å². The van der Waals surface area contributed by atoms with Crippen molar-refractivity contribution in [2.75, 3.05) is 5.32 Å². The van der Waals surface area contributed by atoms with Crippen molar-refractivity contribution in [2.24, 2.45) is 0 Å². The predicted octanol–water partition coefficient (Wildman–Crippen LogP) is 3.74. The molecule has 0 saturated carbocycles. The molecule has 0 amide bonds. The highest BCUT2D eigenvalue weighted by atomic mass is 16.3. The van der Waals surface area contributed by atoms with Gasteiger partial charge in [0.25, 0.3) is 0 Å². The minimum atomic E-state index is 0.0934. The van der Waals surface area contributed by atoms with Crippen molar-refractivity contribution in [3.63, 3.8) is 0 Å². The van der Waals surface area contributed by atoms with Gasteiger partial charge in [-0.25, -0.2) is 0 Å². The van der Waals surface area contributed by atoms with Crippen LogP contribution in [-0.2, 0) is 6.61 Å². The van der Waals surface area contributed by atoms with E-state index in [9.17, 15) is 0 Å². The highest BCUT2D eigenvalue weighted by molar-refractivity contribution is 5.46. The number of benzene rings is 2. The van der Waals surface area contributed by atoms with E-state index >= 15 is 0 Å². The lowest BCUT2D eigenvalue weighted by Crippen LogP contribution is -2.09. The maximum atomic E-state index is 9.01. The Morgan fingerprint density at radius 2 is 1.67 bits per heavy atom. The Hall–Kier alpha value is -1.80. The van der Waals surface area contributed by atoms with Crippen molar-refractivity contribution in [3.05, 3.63) is 65.7 Å². The normalized spacial score (nSPS) is 12.1. The fourth-order valence-electron chi connectivity index (χ4n) is 2.01. The number of aliphatic hydroxyl groups is 1. The molecule has 1 atom stereocenters. The number of rotatable bonds is 5. The number of aliphatic hydroxyl groups excluding tert-OH is 1. The van der Waals surface area contributed by atoms with Crippen LogP contribution in [-0.4, -0.2) is 5.11 Å². The lowest BCUT2D eigenvalue weighted by Gasteiger charge is -2.19. The van der Waals surface area contributed by atoms with Crippen molar-refractivity contribution in [3.8, 4) is 0 Å². The second-order valence-corrected chi connectivity index (χ2v) is 4.37. The van der Waals surface area contributed by atoms with Gasteiger partial charge in [-0.15, -0.1) is 0 Å². The lowest BCUT2D eigenvalue weighted by molar-refractivity contribution is 0.282. The van der Waals surface area contributed by atoms with Crippen molar-refractivity contribution < 1.29 is 5.11 Å². The zero-order valence-electron chi connectivity index (χ0n) is 10.6. The first-order valence-corrected chi connectivity index (χ1v) is 6.34. The van der Waals surface area contributed by atoms with Gasteiger partial charge in [-0.1, -0.05) is 49.4 Å². The quantitative estimate of drug-likeness (QED) is 0.835. The van der Waals surface area contributed by atoms with Crippen LogP contribution in [0.5, 0.6) is 0 Å². The minimum Gasteiger partial charge on any atom is -0.392 e. The van der Waals surface area contributed by atoms with Crippen LogP contribution in [0.2, 0.25) is 0 Å². The van der Waals surface area contributed by atoms with Crippen molar-refractivity contribution in [1.82, 2.24) is 0 Å². The average Bonchev–Trinajstić information content (AvgIpc) is 2.46. The van der Waals surface area contributed by atoms with Gasteiger partial charge < -0.3 is 10.4 Å². The summed E-state index contributed by atoms with van der Waals surface area (Å²) in [7, 11) is 0. The Labute approximate surface area is 108 Å². The molecule has 2 aromatic rings. The van der Waals surface area contributed by atoms with Gasteiger partial charge in [0.2, 0.25) is 0 Å². The molecule has 2 rings (SSSR count). The summed E-state index contributed by atoms with van der Waals surface area (Å²) < 4.78 is 0. The molecule has 0 radical (unpaired) electrons. The molecule has 94 valence electrons. The maximum Gasteiger partial charge on any atom is 0.0681 e. The van der Waals surface area contributed by atoms with Crippen molar-refractivity contribution in [1.29, 1.82) is 0 Å². The van der Waals surface area contributed by atoms with Gasteiger partial charge in [0, 0.05) is 5.69 Å². The van der Waals surface area contributed by atoms with Crippen LogP contribution in [0.1, 0.15) is 30.5 Å². The Balaban J connectivity index is 2.10. The van der Waals surface area contributed by atoms with Crippen LogP contribution in [0, 0.1) is 0 Å². The van der Waals surface area contributed by atoms with Gasteiger partial charge in [0.05, 0.1) is 12.6 Å². The van der Waals surface area contributed by atoms with Gasteiger partial charge in [0.15, 0.2) is 0 Å². The molecule has 0 aliphatic heterocycles. The van der Waals surface area contributed by atoms with E-state index in [1.54, 1.807) is 0 Å². The number of nitrogens with one attached hydrogen (secondary N) is 1. The molecule has 2 heteroatoms. The van der Waals surface area contributed by atoms with Gasteiger partial charge in [-0.2, -0.15) is 0 Å². The Kier molecular flexibility index (Phi) is 4.37. The van der Waals surface area contributed by atoms with E-state index in [4.69, 9.17) is 5.11 Å². The number of hydrogen-bond donors (Lipinski definition) is 2. The van der Waals surface area contributed by atoms with E-state index in [1.807, 2.05) is 30.3 Å². The van der Waals surface area contributed by atoms with Crippen LogP contribution >= 0.6 is 0 Å². The van der Waals surface area contributed by atoms with E-state index in [-0.39, 0.29) is 6.61 Å². The molecule has 18 heavy (non-hydrogen) atoms. The molecule has 2 nitrogen and oxygen atoms in total. The fraction of sp³-hybridized carbons (Fsp3) is 0.250. The maximum absolute atomic E-state index is 9.01. The number of anilines is 1. The molecule has 0 heterocycles. The monoisotopic (exact) mass is 241 g/mol. The molecular weight excluding hydrogens is 222 g/mol. The topological polar surface area (TPSA) is 32.3 Å². The summed E-state index contributed by atoms with van der Waals surface area (Å²) in [5, 5.41) is 12.5. The third kappa shape index (κ3) is 3.11.